The van der Waals surface area contributed by atoms with Crippen LogP contribution in [0.2, 0.25) is 5.02 Å². The lowest BCUT2D eigenvalue weighted by Gasteiger charge is -2.27. The zero-order valence-corrected chi connectivity index (χ0v) is 14.6. The number of fused-ring (bicyclic) bond motifs is 5. The summed E-state index contributed by atoms with van der Waals surface area (Å²) in [5.74, 6) is 1.63. The van der Waals surface area contributed by atoms with Crippen LogP contribution in [0.1, 0.15) is 11.5 Å². The first kappa shape index (κ1) is 15.5. The molecule has 4 heterocycles. The van der Waals surface area contributed by atoms with Crippen molar-refractivity contribution in [2.45, 2.75) is 13.1 Å². The van der Waals surface area contributed by atoms with Gasteiger partial charge in [-0.05, 0) is 12.1 Å². The highest BCUT2D eigenvalue weighted by Gasteiger charge is 2.27. The third kappa shape index (κ3) is 2.33. The van der Waals surface area contributed by atoms with Crippen LogP contribution in [-0.4, -0.2) is 54.8 Å². The minimum absolute atomic E-state index is 0.0862. The summed E-state index contributed by atoms with van der Waals surface area (Å²) in [6.45, 7) is 2.84. The molecule has 2 aliphatic rings. The second-order valence-corrected chi connectivity index (χ2v) is 6.78. The molecule has 26 heavy (non-hydrogen) atoms. The molecule has 0 radical (unpaired) electrons. The Labute approximate surface area is 154 Å². The first-order valence-corrected chi connectivity index (χ1v) is 8.81. The molecule has 3 aromatic rings. The molecule has 1 aromatic carbocycles. The van der Waals surface area contributed by atoms with Gasteiger partial charge in [-0.25, -0.2) is 14.6 Å². The van der Waals surface area contributed by atoms with Crippen molar-refractivity contribution >= 4 is 17.5 Å². The van der Waals surface area contributed by atoms with Crippen LogP contribution >= 0.6 is 11.6 Å². The van der Waals surface area contributed by atoms with E-state index in [0.717, 1.165) is 35.1 Å². The van der Waals surface area contributed by atoms with Gasteiger partial charge >= 0.3 is 0 Å². The van der Waals surface area contributed by atoms with Crippen LogP contribution in [0, 0.1) is 0 Å². The molecule has 0 bridgehead atoms. The summed E-state index contributed by atoms with van der Waals surface area (Å²) in [4.78, 5) is 23.0. The summed E-state index contributed by atoms with van der Waals surface area (Å²) in [5, 5.41) is 8.03. The molecule has 2 aliphatic heterocycles. The number of carbonyl (C=O) groups is 1. The number of benzene rings is 1. The van der Waals surface area contributed by atoms with Crippen LogP contribution < -0.4 is 5.32 Å². The fourth-order valence-electron chi connectivity index (χ4n) is 3.58. The summed E-state index contributed by atoms with van der Waals surface area (Å²) in [5.41, 5.74) is 2.72. The van der Waals surface area contributed by atoms with Gasteiger partial charge in [0, 0.05) is 13.1 Å². The van der Waals surface area contributed by atoms with E-state index in [-0.39, 0.29) is 5.91 Å². The molecule has 1 N–H and O–H groups in total. The van der Waals surface area contributed by atoms with Crippen LogP contribution in [0.4, 0.5) is 0 Å². The standard InChI is InChI=1S/C17H16ClN7O/c18-12-2-1-3-13-16(12)17-21-10-22-24(17)8-11-6-20-14(25(11)13)9-23-5-4-19-7-15(23)26/h1-3,6,10,19H,4-5,7-9H2. The van der Waals surface area contributed by atoms with E-state index in [0.29, 0.717) is 31.2 Å². The van der Waals surface area contributed by atoms with Gasteiger partial charge in [0.2, 0.25) is 5.91 Å². The lowest BCUT2D eigenvalue weighted by Crippen LogP contribution is -2.47. The zero-order chi connectivity index (χ0) is 17.7. The summed E-state index contributed by atoms with van der Waals surface area (Å²) >= 11 is 6.51. The van der Waals surface area contributed by atoms with Crippen molar-refractivity contribution in [3.63, 3.8) is 0 Å². The number of carbonyl (C=O) groups excluding carboxylic acids is 1. The number of amides is 1. The quantitative estimate of drug-likeness (QED) is 0.572. The highest BCUT2D eigenvalue weighted by Crippen LogP contribution is 2.36. The predicted octanol–water partition coefficient (Wildman–Crippen LogP) is 1.08. The van der Waals surface area contributed by atoms with Gasteiger partial charge in [-0.15, -0.1) is 0 Å². The lowest BCUT2D eigenvalue weighted by atomic mass is 10.1. The van der Waals surface area contributed by atoms with E-state index in [1.165, 1.54) is 6.33 Å². The van der Waals surface area contributed by atoms with E-state index in [9.17, 15) is 4.79 Å². The van der Waals surface area contributed by atoms with Gasteiger partial charge in [-0.3, -0.25) is 9.36 Å². The third-order valence-corrected chi connectivity index (χ3v) is 5.13. The molecule has 0 atom stereocenters. The van der Waals surface area contributed by atoms with Gasteiger partial charge in [-0.1, -0.05) is 17.7 Å². The van der Waals surface area contributed by atoms with Gasteiger partial charge in [0.25, 0.3) is 0 Å². The van der Waals surface area contributed by atoms with E-state index >= 15 is 0 Å². The van der Waals surface area contributed by atoms with Crippen molar-refractivity contribution in [1.29, 1.82) is 0 Å². The average Bonchev–Trinajstić information content (AvgIpc) is 3.22. The number of piperazine rings is 1. The summed E-state index contributed by atoms with van der Waals surface area (Å²) in [7, 11) is 0. The Kier molecular flexibility index (Phi) is 3.54. The molecule has 1 amide bonds. The molecule has 0 spiro atoms. The molecule has 0 saturated carbocycles. The van der Waals surface area contributed by atoms with Crippen molar-refractivity contribution in [3.05, 3.63) is 47.3 Å². The highest BCUT2D eigenvalue weighted by molar-refractivity contribution is 6.33. The van der Waals surface area contributed by atoms with Crippen molar-refractivity contribution in [2.24, 2.45) is 0 Å². The Bertz CT molecular complexity index is 1010. The minimum Gasteiger partial charge on any atom is -0.333 e. The molecule has 5 rings (SSSR count). The molecule has 1 saturated heterocycles. The van der Waals surface area contributed by atoms with Crippen LogP contribution in [0.3, 0.4) is 0 Å². The fourth-order valence-corrected chi connectivity index (χ4v) is 3.83. The maximum atomic E-state index is 12.2. The Morgan fingerprint density at radius 3 is 3.08 bits per heavy atom. The summed E-state index contributed by atoms with van der Waals surface area (Å²) in [6, 6.07) is 5.76. The van der Waals surface area contributed by atoms with Gasteiger partial charge in [0.1, 0.15) is 12.2 Å². The largest absolute Gasteiger partial charge is 0.333 e. The minimum atomic E-state index is 0.0862. The van der Waals surface area contributed by atoms with E-state index in [1.807, 2.05) is 34.0 Å². The molecular formula is C17H16ClN7O. The molecule has 8 nitrogen and oxygen atoms in total. The second-order valence-electron chi connectivity index (χ2n) is 6.37. The van der Waals surface area contributed by atoms with Crippen molar-refractivity contribution < 1.29 is 4.79 Å². The normalized spacial score (nSPS) is 16.0. The van der Waals surface area contributed by atoms with Crippen LogP contribution in [0.5, 0.6) is 0 Å². The van der Waals surface area contributed by atoms with E-state index in [4.69, 9.17) is 11.6 Å². The fraction of sp³-hybridized carbons (Fsp3) is 0.294. The Balaban J connectivity index is 1.65. The second kappa shape index (κ2) is 5.93. The number of halogens is 1. The maximum Gasteiger partial charge on any atom is 0.236 e. The molecule has 9 heteroatoms. The van der Waals surface area contributed by atoms with Crippen molar-refractivity contribution in [3.8, 4) is 17.1 Å². The first-order chi connectivity index (χ1) is 12.7. The SMILES string of the molecule is O=C1CNCCN1Cc1ncc2n1-c1cccc(Cl)c1-c1ncnn1C2. The van der Waals surface area contributed by atoms with Gasteiger partial charge in [-0.2, -0.15) is 5.10 Å². The zero-order valence-electron chi connectivity index (χ0n) is 13.9. The van der Waals surface area contributed by atoms with Crippen LogP contribution in [0.15, 0.2) is 30.7 Å². The summed E-state index contributed by atoms with van der Waals surface area (Å²) < 4.78 is 3.90. The number of imidazole rings is 1. The predicted molar refractivity (Wildman–Crippen MR) is 95.0 cm³/mol. The topological polar surface area (TPSA) is 80.9 Å². The highest BCUT2D eigenvalue weighted by atomic mass is 35.5. The number of hydrogen-bond donors (Lipinski definition) is 1. The van der Waals surface area contributed by atoms with Gasteiger partial charge in [0.15, 0.2) is 5.82 Å². The maximum absolute atomic E-state index is 12.2. The number of aromatic nitrogens is 5. The third-order valence-electron chi connectivity index (χ3n) is 4.81. The molecule has 0 aliphatic carbocycles. The molecule has 132 valence electrons. The Hall–Kier alpha value is -2.71. The Morgan fingerprint density at radius 1 is 1.27 bits per heavy atom. The number of hydrogen-bond acceptors (Lipinski definition) is 5. The molecular weight excluding hydrogens is 354 g/mol. The number of nitrogens with one attached hydrogen (secondary N) is 1. The van der Waals surface area contributed by atoms with E-state index in [2.05, 4.69) is 25.0 Å². The van der Waals surface area contributed by atoms with E-state index < -0.39 is 0 Å². The monoisotopic (exact) mass is 369 g/mol. The smallest absolute Gasteiger partial charge is 0.236 e. The molecule has 1 fully saturated rings. The average molecular weight is 370 g/mol. The van der Waals surface area contributed by atoms with Crippen molar-refractivity contribution in [2.75, 3.05) is 19.6 Å². The number of nitrogens with zero attached hydrogens (tertiary/aromatic N) is 6. The van der Waals surface area contributed by atoms with Gasteiger partial charge < -0.3 is 10.2 Å². The van der Waals surface area contributed by atoms with Crippen LogP contribution in [0.25, 0.3) is 17.1 Å². The van der Waals surface area contributed by atoms with Gasteiger partial charge in [0.05, 0.1) is 47.8 Å². The molecule has 2 aromatic heterocycles. The summed E-state index contributed by atoms with van der Waals surface area (Å²) in [6.07, 6.45) is 3.37. The van der Waals surface area contributed by atoms with Crippen LogP contribution in [-0.2, 0) is 17.9 Å². The number of rotatable bonds is 2. The van der Waals surface area contributed by atoms with Crippen molar-refractivity contribution in [1.82, 2.24) is 34.5 Å². The lowest BCUT2D eigenvalue weighted by molar-refractivity contribution is -0.132. The first-order valence-electron chi connectivity index (χ1n) is 8.43. The Morgan fingerprint density at radius 2 is 2.19 bits per heavy atom. The van der Waals surface area contributed by atoms with E-state index in [1.54, 1.807) is 0 Å². The molecule has 0 unspecified atom stereocenters.